The van der Waals surface area contributed by atoms with Gasteiger partial charge in [-0.25, -0.2) is 0 Å². The molecule has 0 saturated carbocycles. The van der Waals surface area contributed by atoms with Crippen LogP contribution in [0.5, 0.6) is 0 Å². The number of carbonyl (C=O) groups is 1. The molecule has 2 aromatic rings. The maximum Gasteiger partial charge on any atom is 0.290 e. The molecule has 0 radical (unpaired) electrons. The Morgan fingerprint density at radius 1 is 1.57 bits per heavy atom. The molecule has 1 aliphatic heterocycles. The third-order valence-corrected chi connectivity index (χ3v) is 3.44. The predicted octanol–water partition coefficient (Wildman–Crippen LogP) is 0.970. The molecule has 0 unspecified atom stereocenters. The molecule has 21 heavy (non-hydrogen) atoms. The highest BCUT2D eigenvalue weighted by atomic mass is 16.5. The summed E-state index contributed by atoms with van der Waals surface area (Å²) in [5, 5.41) is 12.3. The van der Waals surface area contributed by atoms with Crippen LogP contribution in [0, 0.1) is 11.3 Å². The van der Waals surface area contributed by atoms with Crippen LogP contribution < -0.4 is 5.73 Å². The summed E-state index contributed by atoms with van der Waals surface area (Å²) in [6, 6.07) is 5.30. The molecular formula is C13H13N5O3. The number of carbonyl (C=O) groups excluding carboxylic acids is 1. The average molecular weight is 287 g/mol. The minimum Gasteiger partial charge on any atom is -0.449 e. The van der Waals surface area contributed by atoms with Crippen LogP contribution in [0.1, 0.15) is 46.9 Å². The van der Waals surface area contributed by atoms with Crippen LogP contribution in [0.4, 0.5) is 0 Å². The van der Waals surface area contributed by atoms with E-state index >= 15 is 0 Å². The molecule has 0 spiro atoms. The third-order valence-electron chi connectivity index (χ3n) is 3.44. The van der Waals surface area contributed by atoms with Gasteiger partial charge in [0.1, 0.15) is 11.8 Å². The molecule has 0 bridgehead atoms. The number of amides is 1. The van der Waals surface area contributed by atoms with Gasteiger partial charge in [-0.05, 0) is 31.5 Å². The zero-order chi connectivity index (χ0) is 14.8. The molecule has 8 nitrogen and oxygen atoms in total. The first-order valence-corrected chi connectivity index (χ1v) is 6.53. The van der Waals surface area contributed by atoms with Gasteiger partial charge >= 0.3 is 0 Å². The summed E-state index contributed by atoms with van der Waals surface area (Å²) in [7, 11) is 0. The van der Waals surface area contributed by atoms with Gasteiger partial charge in [0.15, 0.2) is 0 Å². The lowest BCUT2D eigenvalue weighted by Gasteiger charge is -2.19. The van der Waals surface area contributed by atoms with Gasteiger partial charge in [-0.2, -0.15) is 10.2 Å². The molecule has 1 amide bonds. The normalized spacial score (nSPS) is 18.7. The second kappa shape index (κ2) is 5.38. The fourth-order valence-electron chi connectivity index (χ4n) is 2.49. The second-order valence-electron chi connectivity index (χ2n) is 4.83. The van der Waals surface area contributed by atoms with Crippen molar-refractivity contribution >= 4 is 5.91 Å². The van der Waals surface area contributed by atoms with E-state index in [0.29, 0.717) is 18.2 Å². The van der Waals surface area contributed by atoms with Gasteiger partial charge in [-0.1, -0.05) is 5.16 Å². The van der Waals surface area contributed by atoms with Gasteiger partial charge in [0.25, 0.3) is 11.7 Å². The molecule has 8 heteroatoms. The molecule has 0 aromatic carbocycles. The van der Waals surface area contributed by atoms with Crippen LogP contribution in [0.2, 0.25) is 0 Å². The molecule has 2 aromatic heterocycles. The molecule has 0 aliphatic carbocycles. The molecule has 1 fully saturated rings. The average Bonchev–Trinajstić information content (AvgIpc) is 3.18. The van der Waals surface area contributed by atoms with E-state index in [1.54, 1.807) is 12.1 Å². The molecule has 1 aliphatic rings. The lowest BCUT2D eigenvalue weighted by Crippen LogP contribution is -2.23. The van der Waals surface area contributed by atoms with Crippen molar-refractivity contribution in [2.45, 2.75) is 25.4 Å². The number of rotatable bonds is 4. The van der Waals surface area contributed by atoms with Crippen molar-refractivity contribution in [2.75, 3.05) is 6.54 Å². The van der Waals surface area contributed by atoms with Gasteiger partial charge in [0.05, 0.1) is 12.6 Å². The van der Waals surface area contributed by atoms with E-state index in [4.69, 9.17) is 19.9 Å². The first-order chi connectivity index (χ1) is 10.2. The Morgan fingerprint density at radius 2 is 2.43 bits per heavy atom. The van der Waals surface area contributed by atoms with Crippen LogP contribution >= 0.6 is 0 Å². The number of hydrogen-bond acceptors (Lipinski definition) is 7. The maximum absolute atomic E-state index is 11.0. The van der Waals surface area contributed by atoms with E-state index in [-0.39, 0.29) is 17.6 Å². The van der Waals surface area contributed by atoms with E-state index in [2.05, 4.69) is 15.0 Å². The number of likely N-dealkylation sites (tertiary alicyclic amines) is 1. The van der Waals surface area contributed by atoms with Crippen molar-refractivity contribution in [3.8, 4) is 6.07 Å². The Hall–Kier alpha value is -2.66. The fraction of sp³-hybridized carbons (Fsp3) is 0.385. The van der Waals surface area contributed by atoms with E-state index in [1.165, 1.54) is 0 Å². The zero-order valence-corrected chi connectivity index (χ0v) is 11.2. The summed E-state index contributed by atoms with van der Waals surface area (Å²) in [6.45, 7) is 1.39. The molecule has 1 saturated heterocycles. The Morgan fingerprint density at radius 3 is 3.10 bits per heavy atom. The number of nitrogens with zero attached hydrogens (tertiary/aromatic N) is 4. The lowest BCUT2D eigenvalue weighted by molar-refractivity contribution is 0.0987. The van der Waals surface area contributed by atoms with Gasteiger partial charge in [0.2, 0.25) is 11.7 Å². The zero-order valence-electron chi connectivity index (χ0n) is 11.2. The van der Waals surface area contributed by atoms with Crippen LogP contribution in [0.3, 0.4) is 0 Å². The first-order valence-electron chi connectivity index (χ1n) is 6.53. The molecule has 108 valence electrons. The topological polar surface area (TPSA) is 122 Å². The largest absolute Gasteiger partial charge is 0.449 e. The molecule has 3 heterocycles. The number of nitrogens with two attached hydrogens (primary N) is 1. The lowest BCUT2D eigenvalue weighted by atomic mass is 10.2. The Bertz CT molecular complexity index is 699. The van der Waals surface area contributed by atoms with Crippen molar-refractivity contribution in [1.82, 2.24) is 15.0 Å². The minimum atomic E-state index is -0.709. The predicted molar refractivity (Wildman–Crippen MR) is 68.6 cm³/mol. The van der Waals surface area contributed by atoms with Crippen LogP contribution in [0.15, 0.2) is 21.1 Å². The number of hydrogen-bond donors (Lipinski definition) is 1. The fourth-order valence-corrected chi connectivity index (χ4v) is 2.49. The van der Waals surface area contributed by atoms with E-state index < -0.39 is 5.91 Å². The summed E-state index contributed by atoms with van der Waals surface area (Å²) in [6.07, 6.45) is 1.83. The number of aromatic nitrogens is 2. The Balaban J connectivity index is 1.75. The smallest absolute Gasteiger partial charge is 0.290 e. The van der Waals surface area contributed by atoms with E-state index in [9.17, 15) is 4.79 Å². The van der Waals surface area contributed by atoms with Gasteiger partial charge in [-0.15, -0.1) is 0 Å². The second-order valence-corrected chi connectivity index (χ2v) is 4.83. The standard InChI is InChI=1S/C13H13N5O3/c14-6-8-3-4-9(20-8)7-18-5-1-2-10(18)13-16-12(11(15)19)17-21-13/h3-4,10H,1-2,5,7H2,(H2,15,19)/t10-/m0/s1. The number of nitriles is 1. The summed E-state index contributed by atoms with van der Waals surface area (Å²) >= 11 is 0. The van der Waals surface area contributed by atoms with Gasteiger partial charge < -0.3 is 14.7 Å². The molecule has 3 rings (SSSR count). The molecular weight excluding hydrogens is 274 g/mol. The highest BCUT2D eigenvalue weighted by molar-refractivity contribution is 5.88. The van der Waals surface area contributed by atoms with E-state index in [0.717, 1.165) is 19.4 Å². The molecule has 2 N–H and O–H groups in total. The monoisotopic (exact) mass is 287 g/mol. The van der Waals surface area contributed by atoms with Gasteiger partial charge in [-0.3, -0.25) is 9.69 Å². The summed E-state index contributed by atoms with van der Waals surface area (Å²) in [5.41, 5.74) is 5.12. The van der Waals surface area contributed by atoms with Crippen molar-refractivity contribution in [1.29, 1.82) is 5.26 Å². The van der Waals surface area contributed by atoms with Crippen LogP contribution in [-0.2, 0) is 6.54 Å². The Kier molecular flexibility index (Phi) is 3.41. The maximum atomic E-state index is 11.0. The van der Waals surface area contributed by atoms with Crippen molar-refractivity contribution in [2.24, 2.45) is 5.73 Å². The van der Waals surface area contributed by atoms with E-state index in [1.807, 2.05) is 6.07 Å². The first kappa shape index (κ1) is 13.3. The number of primary amides is 1. The summed E-state index contributed by atoms with van der Waals surface area (Å²) in [4.78, 5) is 17.2. The van der Waals surface area contributed by atoms with Gasteiger partial charge in [0, 0.05) is 0 Å². The summed E-state index contributed by atoms with van der Waals surface area (Å²) in [5.74, 6) is 0.553. The van der Waals surface area contributed by atoms with Crippen molar-refractivity contribution in [3.63, 3.8) is 0 Å². The highest BCUT2D eigenvalue weighted by Crippen LogP contribution is 2.32. The van der Waals surface area contributed by atoms with Crippen molar-refractivity contribution in [3.05, 3.63) is 35.4 Å². The highest BCUT2D eigenvalue weighted by Gasteiger charge is 2.31. The summed E-state index contributed by atoms with van der Waals surface area (Å²) < 4.78 is 10.5. The van der Waals surface area contributed by atoms with Crippen LogP contribution in [-0.4, -0.2) is 27.5 Å². The van der Waals surface area contributed by atoms with Crippen molar-refractivity contribution < 1.29 is 13.7 Å². The quantitative estimate of drug-likeness (QED) is 0.888. The SMILES string of the molecule is N#Cc1ccc(CN2CCC[C@H]2c2nc(C(N)=O)no2)o1. The third kappa shape index (κ3) is 2.64. The van der Waals surface area contributed by atoms with Crippen LogP contribution in [0.25, 0.3) is 0 Å². The molecule has 1 atom stereocenters. The Labute approximate surface area is 120 Å². The minimum absolute atomic E-state index is 0.0683. The number of furan rings is 1.